The topological polar surface area (TPSA) is 48.1 Å². The van der Waals surface area contributed by atoms with Crippen LogP contribution in [-0.4, -0.2) is 11.3 Å². The number of halogens is 4. The van der Waals surface area contributed by atoms with Crippen LogP contribution in [0.1, 0.15) is 0 Å². The molecule has 0 bridgehead atoms. The van der Waals surface area contributed by atoms with Gasteiger partial charge in [-0.1, -0.05) is 12.1 Å². The highest BCUT2D eigenvalue weighted by molar-refractivity contribution is 5.68. The van der Waals surface area contributed by atoms with Crippen LogP contribution in [0, 0.1) is 5.82 Å². The molecule has 2 rings (SSSR count). The number of aromatic nitrogens is 1. The number of hydrogen-bond donors (Lipinski definition) is 1. The number of para-hydroxylation sites is 1. The molecule has 0 aliphatic rings. The molecule has 0 fully saturated rings. The first kappa shape index (κ1) is 13.1. The molecule has 0 saturated carbocycles. The highest BCUT2D eigenvalue weighted by Crippen LogP contribution is 2.34. The summed E-state index contributed by atoms with van der Waals surface area (Å²) in [5.41, 5.74) is 5.06. The van der Waals surface area contributed by atoms with Crippen molar-refractivity contribution in [1.29, 1.82) is 0 Å². The van der Waals surface area contributed by atoms with Crippen LogP contribution in [0.2, 0.25) is 0 Å². The summed E-state index contributed by atoms with van der Waals surface area (Å²) in [5, 5.41) is 0. The molecule has 0 amide bonds. The lowest BCUT2D eigenvalue weighted by atomic mass is 10.1. The van der Waals surface area contributed by atoms with E-state index in [0.717, 1.165) is 18.3 Å². The second kappa shape index (κ2) is 4.75. The molecule has 0 saturated heterocycles. The predicted molar refractivity (Wildman–Crippen MR) is 60.7 cm³/mol. The molecule has 0 aliphatic heterocycles. The summed E-state index contributed by atoms with van der Waals surface area (Å²) < 4.78 is 54.2. The van der Waals surface area contributed by atoms with Gasteiger partial charge in [-0.15, -0.1) is 13.2 Å². The number of ether oxygens (including phenoxy) is 1. The van der Waals surface area contributed by atoms with E-state index in [2.05, 4.69) is 9.72 Å². The second-order valence-electron chi connectivity index (χ2n) is 3.64. The molecule has 100 valence electrons. The Morgan fingerprint density at radius 2 is 1.84 bits per heavy atom. The first-order valence-electron chi connectivity index (χ1n) is 5.13. The van der Waals surface area contributed by atoms with E-state index in [1.54, 1.807) is 0 Å². The SMILES string of the molecule is Nc1cnc(-c2ccccc2OC(F)(F)F)c(F)c1. The Bertz CT molecular complexity index is 599. The van der Waals surface area contributed by atoms with Gasteiger partial charge in [-0.05, 0) is 12.1 Å². The summed E-state index contributed by atoms with van der Waals surface area (Å²) in [6.07, 6.45) is -3.71. The van der Waals surface area contributed by atoms with E-state index in [4.69, 9.17) is 5.73 Å². The van der Waals surface area contributed by atoms with Crippen molar-refractivity contribution in [1.82, 2.24) is 4.98 Å². The molecule has 0 spiro atoms. The monoisotopic (exact) mass is 272 g/mol. The predicted octanol–water partition coefficient (Wildman–Crippen LogP) is 3.37. The molecule has 0 aliphatic carbocycles. The number of rotatable bonds is 2. The lowest BCUT2D eigenvalue weighted by molar-refractivity contribution is -0.274. The maximum atomic E-state index is 13.7. The van der Waals surface area contributed by atoms with Gasteiger partial charge in [-0.3, -0.25) is 4.98 Å². The van der Waals surface area contributed by atoms with Crippen LogP contribution in [0.15, 0.2) is 36.5 Å². The number of hydrogen-bond acceptors (Lipinski definition) is 3. The zero-order valence-corrected chi connectivity index (χ0v) is 9.41. The van der Waals surface area contributed by atoms with E-state index in [1.807, 2.05) is 0 Å². The molecule has 0 unspecified atom stereocenters. The van der Waals surface area contributed by atoms with Crippen LogP contribution in [0.4, 0.5) is 23.2 Å². The Morgan fingerprint density at radius 3 is 2.47 bits per heavy atom. The molecule has 1 aromatic carbocycles. The summed E-state index contributed by atoms with van der Waals surface area (Å²) in [6.45, 7) is 0. The largest absolute Gasteiger partial charge is 0.573 e. The van der Waals surface area contributed by atoms with Crippen molar-refractivity contribution in [3.63, 3.8) is 0 Å². The van der Waals surface area contributed by atoms with Crippen molar-refractivity contribution >= 4 is 5.69 Å². The number of alkyl halides is 3. The molecule has 2 N–H and O–H groups in total. The third-order valence-corrected chi connectivity index (χ3v) is 2.23. The third-order valence-electron chi connectivity index (χ3n) is 2.23. The maximum Gasteiger partial charge on any atom is 0.573 e. The molecule has 2 aromatic rings. The van der Waals surface area contributed by atoms with E-state index in [9.17, 15) is 17.6 Å². The second-order valence-corrected chi connectivity index (χ2v) is 3.64. The van der Waals surface area contributed by atoms with Gasteiger partial charge in [0.1, 0.15) is 11.4 Å². The standard InChI is InChI=1S/C12H8F4N2O/c13-9-5-7(17)6-18-11(9)8-3-1-2-4-10(8)19-12(14,15)16/h1-6H,17H2. The Morgan fingerprint density at radius 1 is 1.16 bits per heavy atom. The molecule has 0 radical (unpaired) electrons. The summed E-state index contributed by atoms with van der Waals surface area (Å²) in [5.74, 6) is -1.34. The lowest BCUT2D eigenvalue weighted by Crippen LogP contribution is -2.17. The van der Waals surface area contributed by atoms with Crippen molar-refractivity contribution < 1.29 is 22.3 Å². The zero-order valence-electron chi connectivity index (χ0n) is 9.41. The minimum atomic E-state index is -4.86. The lowest BCUT2D eigenvalue weighted by Gasteiger charge is -2.13. The molecule has 1 heterocycles. The minimum absolute atomic E-state index is 0.0791. The van der Waals surface area contributed by atoms with Gasteiger partial charge in [0.05, 0.1) is 11.9 Å². The van der Waals surface area contributed by atoms with Crippen LogP contribution >= 0.6 is 0 Å². The summed E-state index contributed by atoms with van der Waals surface area (Å²) in [6, 6.07) is 6.14. The highest BCUT2D eigenvalue weighted by atomic mass is 19.4. The van der Waals surface area contributed by atoms with Gasteiger partial charge in [0.25, 0.3) is 0 Å². The van der Waals surface area contributed by atoms with Crippen LogP contribution in [0.3, 0.4) is 0 Å². The van der Waals surface area contributed by atoms with Gasteiger partial charge >= 0.3 is 6.36 Å². The quantitative estimate of drug-likeness (QED) is 0.853. The van der Waals surface area contributed by atoms with Crippen molar-refractivity contribution in [2.75, 3.05) is 5.73 Å². The van der Waals surface area contributed by atoms with Gasteiger partial charge in [0.15, 0.2) is 5.82 Å². The molecular weight excluding hydrogens is 264 g/mol. The summed E-state index contributed by atoms with van der Waals surface area (Å²) in [4.78, 5) is 3.69. The average Bonchev–Trinajstić information content (AvgIpc) is 2.28. The normalized spacial score (nSPS) is 11.4. The van der Waals surface area contributed by atoms with E-state index < -0.39 is 17.9 Å². The average molecular weight is 272 g/mol. The Labute approximate surface area is 105 Å². The fourth-order valence-corrected chi connectivity index (χ4v) is 1.53. The molecule has 7 heteroatoms. The van der Waals surface area contributed by atoms with Crippen LogP contribution in [0.5, 0.6) is 5.75 Å². The molecule has 0 atom stereocenters. The first-order chi connectivity index (χ1) is 8.87. The Hall–Kier alpha value is -2.31. The molecule has 19 heavy (non-hydrogen) atoms. The van der Waals surface area contributed by atoms with Gasteiger partial charge in [-0.25, -0.2) is 4.39 Å². The fraction of sp³-hybridized carbons (Fsp3) is 0.0833. The number of pyridine rings is 1. The third kappa shape index (κ3) is 3.12. The molecule has 1 aromatic heterocycles. The number of nitrogens with two attached hydrogens (primary N) is 1. The number of nitrogens with zero attached hydrogens (tertiary/aromatic N) is 1. The summed E-state index contributed by atoms with van der Waals surface area (Å²) >= 11 is 0. The molecule has 3 nitrogen and oxygen atoms in total. The number of nitrogen functional groups attached to an aromatic ring is 1. The van der Waals surface area contributed by atoms with Crippen molar-refractivity contribution in [2.45, 2.75) is 6.36 Å². The van der Waals surface area contributed by atoms with E-state index in [-0.39, 0.29) is 16.9 Å². The highest BCUT2D eigenvalue weighted by Gasteiger charge is 2.32. The van der Waals surface area contributed by atoms with E-state index in [0.29, 0.717) is 0 Å². The summed E-state index contributed by atoms with van der Waals surface area (Å²) in [7, 11) is 0. The van der Waals surface area contributed by atoms with Crippen molar-refractivity contribution in [2.24, 2.45) is 0 Å². The fourth-order valence-electron chi connectivity index (χ4n) is 1.53. The van der Waals surface area contributed by atoms with Crippen molar-refractivity contribution in [3.05, 3.63) is 42.3 Å². The zero-order chi connectivity index (χ0) is 14.0. The molecular formula is C12H8F4N2O. The van der Waals surface area contributed by atoms with Gasteiger partial charge in [0, 0.05) is 11.6 Å². The number of anilines is 1. The van der Waals surface area contributed by atoms with Crippen LogP contribution in [0.25, 0.3) is 11.3 Å². The maximum absolute atomic E-state index is 13.7. The van der Waals surface area contributed by atoms with E-state index >= 15 is 0 Å². The number of benzene rings is 1. The Kier molecular flexibility index (Phi) is 3.28. The van der Waals surface area contributed by atoms with E-state index in [1.165, 1.54) is 18.2 Å². The van der Waals surface area contributed by atoms with Crippen LogP contribution < -0.4 is 10.5 Å². The van der Waals surface area contributed by atoms with Crippen LogP contribution in [-0.2, 0) is 0 Å². The smallest absolute Gasteiger partial charge is 0.405 e. The Balaban J connectivity index is 2.50. The van der Waals surface area contributed by atoms with Gasteiger partial charge < -0.3 is 10.5 Å². The van der Waals surface area contributed by atoms with Gasteiger partial charge in [0.2, 0.25) is 0 Å². The first-order valence-corrected chi connectivity index (χ1v) is 5.13. The van der Waals surface area contributed by atoms with Gasteiger partial charge in [-0.2, -0.15) is 0 Å². The van der Waals surface area contributed by atoms with Crippen molar-refractivity contribution in [3.8, 4) is 17.0 Å². The minimum Gasteiger partial charge on any atom is -0.405 e.